The third-order valence-electron chi connectivity index (χ3n) is 2.81. The summed E-state index contributed by atoms with van der Waals surface area (Å²) in [7, 11) is 0. The van der Waals surface area contributed by atoms with E-state index >= 15 is 0 Å². The summed E-state index contributed by atoms with van der Waals surface area (Å²) in [6.07, 6.45) is -4.90. The summed E-state index contributed by atoms with van der Waals surface area (Å²) >= 11 is 0. The van der Waals surface area contributed by atoms with Crippen molar-refractivity contribution in [3.63, 3.8) is 0 Å². The molecule has 19 heavy (non-hydrogen) atoms. The first-order valence-electron chi connectivity index (χ1n) is 6.08. The second-order valence-electron chi connectivity index (χ2n) is 4.52. The molecule has 0 radical (unpaired) electrons. The van der Waals surface area contributed by atoms with Gasteiger partial charge in [-0.2, -0.15) is 13.2 Å². The van der Waals surface area contributed by atoms with Gasteiger partial charge in [0.05, 0.1) is 11.9 Å². The number of benzene rings is 1. The topological polar surface area (TPSA) is 24.9 Å². The SMILES string of the molecule is Cc1ccc2cc(CNCCC(F)(F)F)ccc2n1. The average Bonchev–Trinajstić information content (AvgIpc) is 2.33. The number of hydrogen-bond donors (Lipinski definition) is 1. The molecule has 0 aliphatic rings. The Hall–Kier alpha value is -1.62. The average molecular weight is 268 g/mol. The minimum atomic E-state index is -4.10. The molecule has 0 saturated heterocycles. The van der Waals surface area contributed by atoms with Crippen LogP contribution >= 0.6 is 0 Å². The number of nitrogens with zero attached hydrogens (tertiary/aromatic N) is 1. The monoisotopic (exact) mass is 268 g/mol. The van der Waals surface area contributed by atoms with Crippen molar-refractivity contribution in [3.8, 4) is 0 Å². The number of aromatic nitrogens is 1. The van der Waals surface area contributed by atoms with E-state index in [1.807, 2.05) is 37.3 Å². The second kappa shape index (κ2) is 5.57. The van der Waals surface area contributed by atoms with Crippen molar-refractivity contribution in [3.05, 3.63) is 41.6 Å². The van der Waals surface area contributed by atoms with Crippen LogP contribution in [0.2, 0.25) is 0 Å². The predicted octanol–water partition coefficient (Wildman–Crippen LogP) is 3.59. The number of aryl methyl sites for hydroxylation is 1. The zero-order valence-corrected chi connectivity index (χ0v) is 10.6. The van der Waals surface area contributed by atoms with E-state index in [1.54, 1.807) is 0 Å². The van der Waals surface area contributed by atoms with Gasteiger partial charge in [0.1, 0.15) is 0 Å². The maximum atomic E-state index is 12.0. The Bertz CT molecular complexity index is 564. The largest absolute Gasteiger partial charge is 0.390 e. The van der Waals surface area contributed by atoms with Crippen molar-refractivity contribution < 1.29 is 13.2 Å². The smallest absolute Gasteiger partial charge is 0.312 e. The maximum Gasteiger partial charge on any atom is 0.390 e. The number of alkyl halides is 3. The van der Waals surface area contributed by atoms with Crippen molar-refractivity contribution in [1.82, 2.24) is 10.3 Å². The Labute approximate surface area is 109 Å². The van der Waals surface area contributed by atoms with Crippen LogP contribution in [0.3, 0.4) is 0 Å². The Kier molecular flexibility index (Phi) is 4.04. The fraction of sp³-hybridized carbons (Fsp3) is 0.357. The van der Waals surface area contributed by atoms with Crippen molar-refractivity contribution in [1.29, 1.82) is 0 Å². The summed E-state index contributed by atoms with van der Waals surface area (Å²) in [4.78, 5) is 4.38. The molecule has 0 bridgehead atoms. The van der Waals surface area contributed by atoms with E-state index in [0.717, 1.165) is 22.2 Å². The van der Waals surface area contributed by atoms with E-state index < -0.39 is 12.6 Å². The number of hydrogen-bond acceptors (Lipinski definition) is 2. The van der Waals surface area contributed by atoms with Gasteiger partial charge < -0.3 is 5.32 Å². The van der Waals surface area contributed by atoms with E-state index in [2.05, 4.69) is 10.3 Å². The first-order chi connectivity index (χ1) is 8.94. The molecule has 2 aromatic rings. The fourth-order valence-electron chi connectivity index (χ4n) is 1.85. The molecule has 0 saturated carbocycles. The van der Waals surface area contributed by atoms with Crippen LogP contribution in [-0.4, -0.2) is 17.7 Å². The van der Waals surface area contributed by atoms with Crippen LogP contribution in [0.1, 0.15) is 17.7 Å². The molecule has 0 aliphatic carbocycles. The van der Waals surface area contributed by atoms with Gasteiger partial charge >= 0.3 is 6.18 Å². The van der Waals surface area contributed by atoms with Gasteiger partial charge in [-0.15, -0.1) is 0 Å². The molecule has 1 N–H and O–H groups in total. The van der Waals surface area contributed by atoms with E-state index in [9.17, 15) is 13.2 Å². The van der Waals surface area contributed by atoms with Crippen LogP contribution in [0.4, 0.5) is 13.2 Å². The summed E-state index contributed by atoms with van der Waals surface area (Å²) in [5.74, 6) is 0. The number of halogens is 3. The van der Waals surface area contributed by atoms with E-state index in [4.69, 9.17) is 0 Å². The zero-order valence-electron chi connectivity index (χ0n) is 10.6. The lowest BCUT2D eigenvalue weighted by atomic mass is 10.1. The molecule has 0 aliphatic heterocycles. The van der Waals surface area contributed by atoms with Gasteiger partial charge in [-0.05, 0) is 30.7 Å². The molecule has 0 amide bonds. The second-order valence-corrected chi connectivity index (χ2v) is 4.52. The molecule has 1 heterocycles. The van der Waals surface area contributed by atoms with Gasteiger partial charge in [-0.25, -0.2) is 0 Å². The van der Waals surface area contributed by atoms with Crippen molar-refractivity contribution in [2.24, 2.45) is 0 Å². The van der Waals surface area contributed by atoms with Gasteiger partial charge in [-0.1, -0.05) is 12.1 Å². The molecular weight excluding hydrogens is 253 g/mol. The Morgan fingerprint density at radius 3 is 2.68 bits per heavy atom. The Morgan fingerprint density at radius 2 is 1.95 bits per heavy atom. The highest BCUT2D eigenvalue weighted by Gasteiger charge is 2.25. The van der Waals surface area contributed by atoms with Gasteiger partial charge in [0, 0.05) is 24.2 Å². The van der Waals surface area contributed by atoms with Crippen LogP contribution < -0.4 is 5.32 Å². The van der Waals surface area contributed by atoms with Gasteiger partial charge in [0.25, 0.3) is 0 Å². The highest BCUT2D eigenvalue weighted by molar-refractivity contribution is 5.79. The van der Waals surface area contributed by atoms with Crippen LogP contribution in [0.5, 0.6) is 0 Å². The zero-order chi connectivity index (χ0) is 13.9. The van der Waals surface area contributed by atoms with Crippen LogP contribution in [0.15, 0.2) is 30.3 Å². The summed E-state index contributed by atoms with van der Waals surface area (Å²) in [6.45, 7) is 2.29. The lowest BCUT2D eigenvalue weighted by Crippen LogP contribution is -2.21. The predicted molar refractivity (Wildman–Crippen MR) is 68.9 cm³/mol. The van der Waals surface area contributed by atoms with Crippen LogP contribution in [-0.2, 0) is 6.54 Å². The Morgan fingerprint density at radius 1 is 1.16 bits per heavy atom. The number of fused-ring (bicyclic) bond motifs is 1. The highest BCUT2D eigenvalue weighted by atomic mass is 19.4. The van der Waals surface area contributed by atoms with Crippen LogP contribution in [0.25, 0.3) is 10.9 Å². The Balaban J connectivity index is 1.96. The molecule has 102 valence electrons. The standard InChI is InChI=1S/C14H15F3N2/c1-10-2-4-12-8-11(3-5-13(12)19-10)9-18-7-6-14(15,16)17/h2-5,8,18H,6-7,9H2,1H3. The summed E-state index contributed by atoms with van der Waals surface area (Å²) in [5.41, 5.74) is 2.81. The van der Waals surface area contributed by atoms with Gasteiger partial charge in [-0.3, -0.25) is 4.98 Å². The molecule has 1 aromatic carbocycles. The van der Waals surface area contributed by atoms with Crippen molar-refractivity contribution in [2.75, 3.05) is 6.54 Å². The molecule has 0 fully saturated rings. The summed E-state index contributed by atoms with van der Waals surface area (Å²) in [6, 6.07) is 9.61. The minimum Gasteiger partial charge on any atom is -0.312 e. The van der Waals surface area contributed by atoms with Gasteiger partial charge in [0.15, 0.2) is 0 Å². The third-order valence-corrected chi connectivity index (χ3v) is 2.81. The van der Waals surface area contributed by atoms with Crippen molar-refractivity contribution in [2.45, 2.75) is 26.1 Å². The molecular formula is C14H15F3N2. The fourth-order valence-corrected chi connectivity index (χ4v) is 1.85. The first-order valence-corrected chi connectivity index (χ1v) is 6.08. The van der Waals surface area contributed by atoms with Gasteiger partial charge in [0.2, 0.25) is 0 Å². The van der Waals surface area contributed by atoms with Crippen molar-refractivity contribution >= 4 is 10.9 Å². The molecule has 0 spiro atoms. The molecule has 0 atom stereocenters. The highest BCUT2D eigenvalue weighted by Crippen LogP contribution is 2.18. The lowest BCUT2D eigenvalue weighted by Gasteiger charge is -2.08. The molecule has 0 unspecified atom stereocenters. The molecule has 2 nitrogen and oxygen atoms in total. The normalized spacial score (nSPS) is 12.0. The quantitative estimate of drug-likeness (QED) is 0.857. The molecule has 5 heteroatoms. The summed E-state index contributed by atoms with van der Waals surface area (Å²) in [5, 5.41) is 3.79. The van der Waals surface area contributed by atoms with E-state index in [1.165, 1.54) is 0 Å². The number of rotatable bonds is 4. The van der Waals surface area contributed by atoms with E-state index in [0.29, 0.717) is 6.54 Å². The number of pyridine rings is 1. The third kappa shape index (κ3) is 4.21. The van der Waals surface area contributed by atoms with Crippen LogP contribution in [0, 0.1) is 6.92 Å². The molecule has 1 aromatic heterocycles. The van der Waals surface area contributed by atoms with E-state index in [-0.39, 0.29) is 6.54 Å². The molecule has 2 rings (SSSR count). The number of nitrogens with one attached hydrogen (secondary N) is 1. The maximum absolute atomic E-state index is 12.0. The summed E-state index contributed by atoms with van der Waals surface area (Å²) < 4.78 is 35.9. The first kappa shape index (κ1) is 13.8. The minimum absolute atomic E-state index is 0.0618. The lowest BCUT2D eigenvalue weighted by molar-refractivity contribution is -0.133.